The molecule has 8 nitrogen and oxygen atoms in total. The Morgan fingerprint density at radius 2 is 1.64 bits per heavy atom. The highest BCUT2D eigenvalue weighted by atomic mass is 19.1. The van der Waals surface area contributed by atoms with Crippen LogP contribution in [0.1, 0.15) is 39.1 Å². The van der Waals surface area contributed by atoms with Crippen molar-refractivity contribution in [3.05, 3.63) is 71.0 Å². The minimum Gasteiger partial charge on any atom is -0.378 e. The van der Waals surface area contributed by atoms with Gasteiger partial charge in [-0.05, 0) is 36.8 Å². The number of hydrogen-bond donors (Lipinski definition) is 0. The number of halogens is 1. The van der Waals surface area contributed by atoms with Crippen LogP contribution in [0, 0.1) is 12.7 Å². The van der Waals surface area contributed by atoms with Gasteiger partial charge in [0, 0.05) is 50.1 Å². The van der Waals surface area contributed by atoms with E-state index in [2.05, 4.69) is 0 Å². The number of hydrogen-bond acceptors (Lipinski definition) is 5. The van der Waals surface area contributed by atoms with E-state index in [1.807, 2.05) is 31.2 Å². The molecule has 5 rings (SSSR count). The highest BCUT2D eigenvalue weighted by Gasteiger charge is 2.55. The van der Waals surface area contributed by atoms with Crippen molar-refractivity contribution in [2.24, 2.45) is 0 Å². The summed E-state index contributed by atoms with van der Waals surface area (Å²) in [5.41, 5.74) is 0.671. The number of nitrogens with zero attached hydrogens (tertiary/aromatic N) is 3. The van der Waals surface area contributed by atoms with Gasteiger partial charge in [-0.1, -0.05) is 24.3 Å². The zero-order valence-corrected chi connectivity index (χ0v) is 20.3. The molecule has 3 aliphatic rings. The van der Waals surface area contributed by atoms with Crippen LogP contribution in [0.2, 0.25) is 0 Å². The molecule has 2 aromatic rings. The standard InChI is InChI=1S/C27H30FN3O5/c1-19-5-2-3-8-22(19)25(33)29-11-9-27(10-12-29)31(24(32)20-6-4-7-21(28)17-20)23(18-36-27)26(34)30-13-15-35-16-14-30/h2-8,17,23H,9-16,18H2,1H3/t23-/m0/s1. The van der Waals surface area contributed by atoms with E-state index in [-0.39, 0.29) is 24.0 Å². The summed E-state index contributed by atoms with van der Waals surface area (Å²) in [5, 5.41) is 0. The number of ether oxygens (including phenoxy) is 2. The average Bonchev–Trinajstić information content (AvgIpc) is 3.27. The molecule has 3 amide bonds. The molecule has 1 atom stereocenters. The second kappa shape index (κ2) is 9.99. The Morgan fingerprint density at radius 3 is 2.33 bits per heavy atom. The van der Waals surface area contributed by atoms with Gasteiger partial charge in [0.15, 0.2) is 0 Å². The summed E-state index contributed by atoms with van der Waals surface area (Å²) >= 11 is 0. The molecule has 0 saturated carbocycles. The molecule has 2 aromatic carbocycles. The Kier molecular flexibility index (Phi) is 6.77. The minimum atomic E-state index is -1.04. The van der Waals surface area contributed by atoms with E-state index in [9.17, 15) is 18.8 Å². The summed E-state index contributed by atoms with van der Waals surface area (Å²) in [6, 6.07) is 12.1. The smallest absolute Gasteiger partial charge is 0.256 e. The predicted molar refractivity (Wildman–Crippen MR) is 129 cm³/mol. The van der Waals surface area contributed by atoms with Crippen LogP contribution in [0.25, 0.3) is 0 Å². The van der Waals surface area contributed by atoms with Crippen molar-refractivity contribution in [3.8, 4) is 0 Å². The lowest BCUT2D eigenvalue weighted by molar-refractivity contribution is -0.141. The van der Waals surface area contributed by atoms with Gasteiger partial charge in [-0.25, -0.2) is 4.39 Å². The number of aryl methyl sites for hydroxylation is 1. The van der Waals surface area contributed by atoms with Crippen molar-refractivity contribution in [2.45, 2.75) is 31.5 Å². The lowest BCUT2D eigenvalue weighted by atomic mass is 9.95. The molecule has 3 heterocycles. The van der Waals surface area contributed by atoms with Crippen LogP contribution in [0.15, 0.2) is 48.5 Å². The topological polar surface area (TPSA) is 79.4 Å². The SMILES string of the molecule is Cc1ccccc1C(=O)N1CCC2(CC1)OC[C@@H](C(=O)N1CCOCC1)N2C(=O)c1cccc(F)c1. The van der Waals surface area contributed by atoms with Crippen molar-refractivity contribution in [3.63, 3.8) is 0 Å². The van der Waals surface area contributed by atoms with Crippen molar-refractivity contribution in [1.29, 1.82) is 0 Å². The molecule has 9 heteroatoms. The highest BCUT2D eigenvalue weighted by Crippen LogP contribution is 2.39. The van der Waals surface area contributed by atoms with Gasteiger partial charge >= 0.3 is 0 Å². The second-order valence-corrected chi connectivity index (χ2v) is 9.50. The summed E-state index contributed by atoms with van der Waals surface area (Å²) in [7, 11) is 0. The average molecular weight is 496 g/mol. The number of carbonyl (C=O) groups excluding carboxylic acids is 3. The zero-order valence-electron chi connectivity index (χ0n) is 20.3. The second-order valence-electron chi connectivity index (χ2n) is 9.50. The van der Waals surface area contributed by atoms with Crippen LogP contribution in [0.5, 0.6) is 0 Å². The molecule has 36 heavy (non-hydrogen) atoms. The Labute approximate surface area is 209 Å². The van der Waals surface area contributed by atoms with Crippen molar-refractivity contribution in [1.82, 2.24) is 14.7 Å². The minimum absolute atomic E-state index is 0.0585. The van der Waals surface area contributed by atoms with Gasteiger partial charge in [0.1, 0.15) is 17.6 Å². The maximum Gasteiger partial charge on any atom is 0.256 e. The molecule has 190 valence electrons. The van der Waals surface area contributed by atoms with E-state index in [1.165, 1.54) is 23.1 Å². The normalized spacial score (nSPS) is 21.6. The maximum atomic E-state index is 14.0. The Bertz CT molecular complexity index is 1160. The van der Waals surface area contributed by atoms with Gasteiger partial charge in [-0.3, -0.25) is 19.3 Å². The fraction of sp³-hybridized carbons (Fsp3) is 0.444. The molecule has 3 aliphatic heterocycles. The zero-order chi connectivity index (χ0) is 25.3. The first kappa shape index (κ1) is 24.4. The highest BCUT2D eigenvalue weighted by molar-refractivity contribution is 5.99. The van der Waals surface area contributed by atoms with Crippen LogP contribution < -0.4 is 0 Å². The summed E-state index contributed by atoms with van der Waals surface area (Å²) in [6.45, 7) is 4.49. The van der Waals surface area contributed by atoms with Gasteiger partial charge in [-0.15, -0.1) is 0 Å². The molecule has 1 spiro atoms. The third kappa shape index (κ3) is 4.49. The van der Waals surface area contributed by atoms with Gasteiger partial charge in [0.05, 0.1) is 19.8 Å². The number of rotatable bonds is 3. The molecular formula is C27H30FN3O5. The van der Waals surface area contributed by atoms with Gasteiger partial charge in [0.2, 0.25) is 5.91 Å². The third-order valence-corrected chi connectivity index (χ3v) is 7.37. The Balaban J connectivity index is 1.40. The van der Waals surface area contributed by atoms with Crippen molar-refractivity contribution >= 4 is 17.7 Å². The van der Waals surface area contributed by atoms with Crippen molar-refractivity contribution in [2.75, 3.05) is 46.0 Å². The summed E-state index contributed by atoms with van der Waals surface area (Å²) < 4.78 is 25.6. The Hall–Kier alpha value is -3.30. The molecule has 0 N–H and O–H groups in total. The van der Waals surface area contributed by atoms with Crippen LogP contribution >= 0.6 is 0 Å². The molecule has 0 aromatic heterocycles. The molecule has 0 aliphatic carbocycles. The number of morpholine rings is 1. The number of carbonyl (C=O) groups is 3. The van der Waals surface area contributed by atoms with Crippen LogP contribution in [-0.2, 0) is 14.3 Å². The first-order valence-corrected chi connectivity index (χ1v) is 12.3. The fourth-order valence-electron chi connectivity index (χ4n) is 5.35. The molecule has 3 fully saturated rings. The molecular weight excluding hydrogens is 465 g/mol. The van der Waals surface area contributed by atoms with Crippen LogP contribution in [0.3, 0.4) is 0 Å². The molecule has 3 saturated heterocycles. The third-order valence-electron chi connectivity index (χ3n) is 7.37. The molecule has 0 bridgehead atoms. The van der Waals surface area contributed by atoms with E-state index in [1.54, 1.807) is 15.9 Å². The largest absolute Gasteiger partial charge is 0.378 e. The van der Waals surface area contributed by atoms with Gasteiger partial charge < -0.3 is 19.3 Å². The lowest BCUT2D eigenvalue weighted by Gasteiger charge is -2.45. The van der Waals surface area contributed by atoms with Crippen LogP contribution in [-0.4, -0.2) is 90.2 Å². The quantitative estimate of drug-likeness (QED) is 0.654. The first-order chi connectivity index (χ1) is 17.4. The number of likely N-dealkylation sites (tertiary alicyclic amines) is 1. The van der Waals surface area contributed by atoms with E-state index in [0.29, 0.717) is 57.8 Å². The maximum absolute atomic E-state index is 14.0. The fourth-order valence-corrected chi connectivity index (χ4v) is 5.35. The van der Waals surface area contributed by atoms with E-state index < -0.39 is 23.5 Å². The Morgan fingerprint density at radius 1 is 0.917 bits per heavy atom. The van der Waals surface area contributed by atoms with Gasteiger partial charge in [0.25, 0.3) is 11.8 Å². The summed E-state index contributed by atoms with van der Waals surface area (Å²) in [6.07, 6.45) is 0.719. The number of amides is 3. The van der Waals surface area contributed by atoms with Crippen LogP contribution in [0.4, 0.5) is 4.39 Å². The van der Waals surface area contributed by atoms with Gasteiger partial charge in [-0.2, -0.15) is 0 Å². The lowest BCUT2D eigenvalue weighted by Crippen LogP contribution is -2.60. The van der Waals surface area contributed by atoms with E-state index >= 15 is 0 Å². The number of benzene rings is 2. The van der Waals surface area contributed by atoms with E-state index in [4.69, 9.17) is 9.47 Å². The predicted octanol–water partition coefficient (Wildman–Crippen LogP) is 2.47. The van der Waals surface area contributed by atoms with E-state index in [0.717, 1.165) is 5.56 Å². The first-order valence-electron chi connectivity index (χ1n) is 12.3. The summed E-state index contributed by atoms with van der Waals surface area (Å²) in [4.78, 5) is 45.4. The number of piperidine rings is 1. The molecule has 0 radical (unpaired) electrons. The summed E-state index contributed by atoms with van der Waals surface area (Å²) in [5.74, 6) is -1.23. The monoisotopic (exact) mass is 495 g/mol. The molecule has 0 unspecified atom stereocenters. The van der Waals surface area contributed by atoms with Crippen molar-refractivity contribution < 1.29 is 28.2 Å².